The van der Waals surface area contributed by atoms with Crippen molar-refractivity contribution in [2.75, 3.05) is 0 Å². The molecule has 2 rings (SSSR count). The van der Waals surface area contributed by atoms with E-state index in [9.17, 15) is 20.4 Å². The largest absolute Gasteiger partial charge is 0.457 e. The summed E-state index contributed by atoms with van der Waals surface area (Å²) < 4.78 is 5.93. The van der Waals surface area contributed by atoms with Crippen LogP contribution < -0.4 is 4.74 Å². The molecule has 2 aromatic rings. The molecule has 0 radical (unpaired) electrons. The van der Waals surface area contributed by atoms with Crippen LogP contribution in [-0.2, 0) is 0 Å². The van der Waals surface area contributed by atoms with Crippen LogP contribution in [-0.4, -0.2) is 32.6 Å². The first kappa shape index (κ1) is 27.3. The minimum Gasteiger partial charge on any atom is -0.457 e. The summed E-state index contributed by atoms with van der Waals surface area (Å²) in [4.78, 5) is 0. The highest BCUT2D eigenvalue weighted by molar-refractivity contribution is 5.36. The quantitative estimate of drug-likeness (QED) is 0.370. The fourth-order valence-corrected chi connectivity index (χ4v) is 4.47. The maximum Gasteiger partial charge on any atom is 0.127 e. The predicted molar refractivity (Wildman–Crippen MR) is 132 cm³/mol. The van der Waals surface area contributed by atoms with E-state index in [0.717, 1.165) is 11.1 Å². The van der Waals surface area contributed by atoms with E-state index in [1.165, 1.54) is 0 Å². The number of ether oxygens (including phenoxy) is 1. The molecule has 4 N–H and O–H groups in total. The molecule has 2 aromatic carbocycles. The van der Waals surface area contributed by atoms with Gasteiger partial charge in [-0.1, -0.05) is 79.7 Å². The molecule has 184 valence electrons. The van der Waals surface area contributed by atoms with Crippen LogP contribution in [0.4, 0.5) is 0 Å². The molecule has 0 fully saturated rings. The van der Waals surface area contributed by atoms with Crippen molar-refractivity contribution in [3.63, 3.8) is 0 Å². The van der Waals surface area contributed by atoms with E-state index >= 15 is 0 Å². The SMILES string of the molecule is CC(C)C(O)C(C)(C)C(O)c1ccc(Oc2ccc(C(O)C(C)(C)C(O)C(C)C)cc2)cc1. The number of benzene rings is 2. The van der Waals surface area contributed by atoms with Gasteiger partial charge in [-0.15, -0.1) is 0 Å². The lowest BCUT2D eigenvalue weighted by Crippen LogP contribution is -2.38. The van der Waals surface area contributed by atoms with Crippen molar-refractivity contribution in [3.05, 3.63) is 59.7 Å². The second kappa shape index (κ2) is 10.6. The first-order valence-corrected chi connectivity index (χ1v) is 11.8. The van der Waals surface area contributed by atoms with Crippen LogP contribution in [0.5, 0.6) is 11.5 Å². The van der Waals surface area contributed by atoms with Gasteiger partial charge in [0.2, 0.25) is 0 Å². The fraction of sp³-hybridized carbons (Fsp3) is 0.571. The Bertz CT molecular complexity index is 795. The zero-order valence-electron chi connectivity index (χ0n) is 21.3. The topological polar surface area (TPSA) is 90.2 Å². The van der Waals surface area contributed by atoms with Crippen LogP contribution >= 0.6 is 0 Å². The summed E-state index contributed by atoms with van der Waals surface area (Å²) in [6.45, 7) is 15.2. The zero-order valence-corrected chi connectivity index (χ0v) is 21.3. The summed E-state index contributed by atoms with van der Waals surface area (Å²) in [5.74, 6) is 1.32. The lowest BCUT2D eigenvalue weighted by atomic mass is 9.74. The van der Waals surface area contributed by atoms with E-state index < -0.39 is 35.2 Å². The second-order valence-corrected chi connectivity index (χ2v) is 11.1. The smallest absolute Gasteiger partial charge is 0.127 e. The van der Waals surface area contributed by atoms with E-state index in [1.807, 2.05) is 79.7 Å². The average Bonchev–Trinajstić information content (AvgIpc) is 2.77. The van der Waals surface area contributed by atoms with E-state index in [-0.39, 0.29) is 11.8 Å². The lowest BCUT2D eigenvalue weighted by Gasteiger charge is -2.37. The van der Waals surface area contributed by atoms with Gasteiger partial charge >= 0.3 is 0 Å². The van der Waals surface area contributed by atoms with Gasteiger partial charge in [0.15, 0.2) is 0 Å². The van der Waals surface area contributed by atoms with Crippen LogP contribution in [0.1, 0.15) is 78.7 Å². The summed E-state index contributed by atoms with van der Waals surface area (Å²) in [6.07, 6.45) is -2.89. The molecule has 0 aliphatic heterocycles. The molecule has 0 bridgehead atoms. The molecular weight excluding hydrogens is 416 g/mol. The van der Waals surface area contributed by atoms with Gasteiger partial charge in [-0.25, -0.2) is 0 Å². The van der Waals surface area contributed by atoms with Crippen molar-refractivity contribution in [2.45, 2.75) is 79.8 Å². The molecule has 0 saturated carbocycles. The van der Waals surface area contributed by atoms with E-state index in [0.29, 0.717) is 11.5 Å². The Morgan fingerprint density at radius 3 is 1.06 bits per heavy atom. The third kappa shape index (κ3) is 6.15. The van der Waals surface area contributed by atoms with Crippen LogP contribution in [0.2, 0.25) is 0 Å². The van der Waals surface area contributed by atoms with Gasteiger partial charge in [-0.05, 0) is 47.2 Å². The summed E-state index contributed by atoms with van der Waals surface area (Å²) >= 11 is 0. The van der Waals surface area contributed by atoms with Gasteiger partial charge in [0.25, 0.3) is 0 Å². The van der Waals surface area contributed by atoms with Crippen molar-refractivity contribution in [1.82, 2.24) is 0 Å². The third-order valence-electron chi connectivity index (χ3n) is 6.82. The van der Waals surface area contributed by atoms with Gasteiger partial charge in [-0.2, -0.15) is 0 Å². The Morgan fingerprint density at radius 1 is 0.545 bits per heavy atom. The molecule has 0 aliphatic rings. The zero-order chi connectivity index (χ0) is 25.1. The van der Waals surface area contributed by atoms with Crippen molar-refractivity contribution in [3.8, 4) is 11.5 Å². The van der Waals surface area contributed by atoms with E-state index in [4.69, 9.17) is 4.74 Å². The maximum absolute atomic E-state index is 10.8. The van der Waals surface area contributed by atoms with Crippen LogP contribution in [0.15, 0.2) is 48.5 Å². The number of hydrogen-bond acceptors (Lipinski definition) is 5. The number of rotatable bonds is 10. The molecule has 5 nitrogen and oxygen atoms in total. The minimum absolute atomic E-state index is 0.0398. The molecule has 4 atom stereocenters. The van der Waals surface area contributed by atoms with E-state index in [1.54, 1.807) is 24.3 Å². The van der Waals surface area contributed by atoms with Crippen molar-refractivity contribution in [2.24, 2.45) is 22.7 Å². The molecule has 4 unspecified atom stereocenters. The third-order valence-corrected chi connectivity index (χ3v) is 6.82. The van der Waals surface area contributed by atoms with E-state index in [2.05, 4.69) is 0 Å². The van der Waals surface area contributed by atoms with Gasteiger partial charge in [0, 0.05) is 10.8 Å². The Labute approximate surface area is 199 Å². The van der Waals surface area contributed by atoms with Crippen molar-refractivity contribution in [1.29, 1.82) is 0 Å². The number of aliphatic hydroxyl groups excluding tert-OH is 4. The molecule has 33 heavy (non-hydrogen) atoms. The molecule has 0 aliphatic carbocycles. The standard InChI is InChI=1S/C28H42O5/c1-17(2)23(29)27(5,6)25(31)19-9-13-21(14-10-19)33-22-15-11-20(12-16-22)26(32)28(7,8)24(30)18(3)4/h9-18,23-26,29-32H,1-8H3. The minimum atomic E-state index is -0.811. The predicted octanol–water partition coefficient (Wildman–Crippen LogP) is 5.63. The summed E-state index contributed by atoms with van der Waals surface area (Å²) in [5.41, 5.74) is 0.0572. The van der Waals surface area contributed by atoms with Gasteiger partial charge in [0.05, 0.1) is 24.4 Å². The monoisotopic (exact) mass is 458 g/mol. The summed E-state index contributed by atoms with van der Waals surface area (Å²) in [5, 5.41) is 42.6. The molecular formula is C28H42O5. The van der Waals surface area contributed by atoms with Gasteiger partial charge < -0.3 is 25.2 Å². The molecule has 0 heterocycles. The van der Waals surface area contributed by atoms with Crippen molar-refractivity contribution < 1.29 is 25.2 Å². The maximum atomic E-state index is 10.8. The number of hydrogen-bond donors (Lipinski definition) is 4. The highest BCUT2D eigenvalue weighted by Crippen LogP contribution is 2.41. The highest BCUT2D eigenvalue weighted by Gasteiger charge is 2.39. The summed E-state index contributed by atoms with van der Waals surface area (Å²) in [6, 6.07) is 14.4. The summed E-state index contributed by atoms with van der Waals surface area (Å²) in [7, 11) is 0. The lowest BCUT2D eigenvalue weighted by molar-refractivity contribution is -0.0696. The Morgan fingerprint density at radius 2 is 0.818 bits per heavy atom. The number of aliphatic hydroxyl groups is 4. The highest BCUT2D eigenvalue weighted by atomic mass is 16.5. The van der Waals surface area contributed by atoms with Crippen LogP contribution in [0.3, 0.4) is 0 Å². The molecule has 0 spiro atoms. The Hall–Kier alpha value is -1.92. The van der Waals surface area contributed by atoms with Gasteiger partial charge in [-0.3, -0.25) is 0 Å². The molecule has 0 aromatic heterocycles. The fourth-order valence-electron chi connectivity index (χ4n) is 4.47. The van der Waals surface area contributed by atoms with Crippen molar-refractivity contribution >= 4 is 0 Å². The average molecular weight is 459 g/mol. The van der Waals surface area contributed by atoms with Crippen LogP contribution in [0.25, 0.3) is 0 Å². The Kier molecular flexibility index (Phi) is 8.74. The first-order valence-electron chi connectivity index (χ1n) is 11.8. The molecule has 5 heteroatoms. The Balaban J connectivity index is 2.10. The second-order valence-electron chi connectivity index (χ2n) is 11.1. The first-order chi connectivity index (χ1) is 15.2. The van der Waals surface area contributed by atoms with Gasteiger partial charge in [0.1, 0.15) is 11.5 Å². The molecule has 0 saturated heterocycles. The normalized spacial score (nSPS) is 16.5. The molecule has 0 amide bonds. The van der Waals surface area contributed by atoms with Crippen LogP contribution in [0, 0.1) is 22.7 Å².